The fraction of sp³-hybridized carbons (Fsp3) is 0.387. The minimum absolute atomic E-state index is 0.119. The molecule has 1 fully saturated rings. The zero-order valence-electron chi connectivity index (χ0n) is 20.7. The Morgan fingerprint density at radius 3 is 2.37 bits per heavy atom. The highest BCUT2D eigenvalue weighted by Gasteiger charge is 2.30. The number of aromatic hydroxyl groups is 1. The highest BCUT2D eigenvalue weighted by atomic mass is 16.3. The van der Waals surface area contributed by atoms with E-state index in [9.17, 15) is 9.90 Å². The van der Waals surface area contributed by atoms with Crippen molar-refractivity contribution < 1.29 is 9.90 Å². The van der Waals surface area contributed by atoms with Crippen molar-refractivity contribution in [1.82, 2.24) is 9.80 Å². The lowest BCUT2D eigenvalue weighted by molar-refractivity contribution is 0.0766. The van der Waals surface area contributed by atoms with Crippen LogP contribution < -0.4 is 0 Å². The first kappa shape index (κ1) is 23.6. The Bertz CT molecular complexity index is 1150. The number of nitrogens with zero attached hydrogens (tertiary/aromatic N) is 2. The molecule has 0 saturated carbocycles. The third-order valence-corrected chi connectivity index (χ3v) is 7.68. The Hall–Kier alpha value is -3.11. The third-order valence-electron chi connectivity index (χ3n) is 7.68. The maximum atomic E-state index is 13.1. The van der Waals surface area contributed by atoms with Crippen molar-refractivity contribution >= 4 is 5.91 Å². The first-order chi connectivity index (χ1) is 17.0. The number of fused-ring (bicyclic) bond motifs is 1. The van der Waals surface area contributed by atoms with Gasteiger partial charge in [-0.05, 0) is 91.6 Å². The number of carbonyl (C=O) groups is 1. The van der Waals surface area contributed by atoms with Crippen molar-refractivity contribution in [3.8, 4) is 5.75 Å². The summed E-state index contributed by atoms with van der Waals surface area (Å²) in [5.41, 5.74) is 6.93. The van der Waals surface area contributed by atoms with Gasteiger partial charge in [-0.1, -0.05) is 61.0 Å². The quantitative estimate of drug-likeness (QED) is 0.435. The van der Waals surface area contributed by atoms with Crippen LogP contribution in [0.1, 0.15) is 63.9 Å². The molecule has 3 aromatic rings. The van der Waals surface area contributed by atoms with Crippen molar-refractivity contribution in [3.05, 3.63) is 100 Å². The molecule has 1 amide bonds. The number of likely N-dealkylation sites (tertiary alicyclic amines) is 1. The van der Waals surface area contributed by atoms with Gasteiger partial charge in [-0.2, -0.15) is 0 Å². The van der Waals surface area contributed by atoms with Gasteiger partial charge in [-0.25, -0.2) is 0 Å². The molecule has 1 N–H and O–H groups in total. The average molecular weight is 469 g/mol. The van der Waals surface area contributed by atoms with E-state index < -0.39 is 0 Å². The summed E-state index contributed by atoms with van der Waals surface area (Å²) in [5, 5.41) is 9.52. The van der Waals surface area contributed by atoms with Crippen molar-refractivity contribution in [1.29, 1.82) is 0 Å². The van der Waals surface area contributed by atoms with Gasteiger partial charge in [0, 0.05) is 25.2 Å². The fourth-order valence-electron chi connectivity index (χ4n) is 5.78. The Balaban J connectivity index is 1.13. The zero-order chi connectivity index (χ0) is 24.2. The smallest absolute Gasteiger partial charge is 0.255 e. The SMILES string of the molecule is Cc1cc(CN2CCC(CCCc3ccccc3)CC2)cc2c1C(=O)N(Cc1ccc(O)cc1)C2. The molecule has 0 atom stereocenters. The number of amides is 1. The van der Waals surface area contributed by atoms with E-state index in [0.717, 1.165) is 47.8 Å². The van der Waals surface area contributed by atoms with E-state index in [2.05, 4.69) is 54.3 Å². The van der Waals surface area contributed by atoms with E-state index >= 15 is 0 Å². The standard InChI is InChI=1S/C31H36N2O2/c1-23-18-27(19-28-22-33(31(35)30(23)28)21-26-10-12-29(34)13-11-26)20-32-16-14-25(15-17-32)9-5-8-24-6-3-2-4-7-24/h2-4,6-7,10-13,18-19,25,34H,5,8-9,14-17,20-22H2,1H3. The van der Waals surface area contributed by atoms with Gasteiger partial charge in [0.05, 0.1) is 0 Å². The largest absolute Gasteiger partial charge is 0.508 e. The number of rotatable bonds is 8. The summed E-state index contributed by atoms with van der Waals surface area (Å²) >= 11 is 0. The Morgan fingerprint density at radius 1 is 0.886 bits per heavy atom. The van der Waals surface area contributed by atoms with Crippen LogP contribution in [0.5, 0.6) is 5.75 Å². The normalized spacial score (nSPS) is 16.6. The third kappa shape index (κ3) is 5.76. The second-order valence-corrected chi connectivity index (χ2v) is 10.4. The van der Waals surface area contributed by atoms with Crippen LogP contribution in [0, 0.1) is 12.8 Å². The summed E-state index contributed by atoms with van der Waals surface area (Å²) in [6.07, 6.45) is 6.39. The molecule has 3 aromatic carbocycles. The van der Waals surface area contributed by atoms with E-state index in [0.29, 0.717) is 13.1 Å². The lowest BCUT2D eigenvalue weighted by Gasteiger charge is -2.32. The molecule has 0 aliphatic carbocycles. The summed E-state index contributed by atoms with van der Waals surface area (Å²) in [4.78, 5) is 17.6. The molecule has 0 radical (unpaired) electrons. The highest BCUT2D eigenvalue weighted by molar-refractivity contribution is 5.99. The molecule has 35 heavy (non-hydrogen) atoms. The molecular formula is C31H36N2O2. The van der Waals surface area contributed by atoms with E-state index in [1.54, 1.807) is 12.1 Å². The Morgan fingerprint density at radius 2 is 1.63 bits per heavy atom. The molecule has 2 aliphatic heterocycles. The van der Waals surface area contributed by atoms with Gasteiger partial charge in [-0.3, -0.25) is 9.69 Å². The maximum Gasteiger partial charge on any atom is 0.255 e. The molecule has 0 bridgehead atoms. The van der Waals surface area contributed by atoms with Crippen molar-refractivity contribution in [2.24, 2.45) is 5.92 Å². The van der Waals surface area contributed by atoms with Crippen LogP contribution in [0.25, 0.3) is 0 Å². The number of phenolic OH excluding ortho intramolecular Hbond substituents is 1. The fourth-order valence-corrected chi connectivity index (χ4v) is 5.78. The summed E-state index contributed by atoms with van der Waals surface area (Å²) in [5.74, 6) is 1.22. The second-order valence-electron chi connectivity index (χ2n) is 10.4. The molecule has 5 rings (SSSR count). The van der Waals surface area contributed by atoms with Gasteiger partial charge in [0.1, 0.15) is 5.75 Å². The number of aryl methyl sites for hydroxylation is 2. The number of piperidine rings is 1. The molecule has 2 aliphatic rings. The van der Waals surface area contributed by atoms with Crippen LogP contribution >= 0.6 is 0 Å². The summed E-state index contributed by atoms with van der Waals surface area (Å²) < 4.78 is 0. The van der Waals surface area contributed by atoms with Crippen LogP contribution in [0.3, 0.4) is 0 Å². The molecular weight excluding hydrogens is 432 g/mol. The van der Waals surface area contributed by atoms with Gasteiger partial charge < -0.3 is 10.0 Å². The molecule has 0 spiro atoms. The lowest BCUT2D eigenvalue weighted by atomic mass is 9.90. The minimum Gasteiger partial charge on any atom is -0.508 e. The van der Waals surface area contributed by atoms with Crippen LogP contribution in [0.4, 0.5) is 0 Å². The first-order valence-electron chi connectivity index (χ1n) is 13.0. The van der Waals surface area contributed by atoms with Gasteiger partial charge in [0.2, 0.25) is 0 Å². The molecule has 0 unspecified atom stereocenters. The van der Waals surface area contributed by atoms with Crippen LogP contribution in [0.2, 0.25) is 0 Å². The topological polar surface area (TPSA) is 43.8 Å². The summed E-state index contributed by atoms with van der Waals surface area (Å²) in [6.45, 7) is 6.60. The van der Waals surface area contributed by atoms with E-state index in [-0.39, 0.29) is 11.7 Å². The van der Waals surface area contributed by atoms with E-state index in [1.165, 1.54) is 43.2 Å². The summed E-state index contributed by atoms with van der Waals surface area (Å²) in [6, 6.07) is 22.4. The Labute approximate surface area is 209 Å². The predicted molar refractivity (Wildman–Crippen MR) is 140 cm³/mol. The molecule has 4 nitrogen and oxygen atoms in total. The first-order valence-corrected chi connectivity index (χ1v) is 13.0. The molecule has 1 saturated heterocycles. The number of hydrogen-bond acceptors (Lipinski definition) is 3. The van der Waals surface area contributed by atoms with Crippen LogP contribution in [-0.2, 0) is 26.1 Å². The average Bonchev–Trinajstić information content (AvgIpc) is 3.17. The number of carbonyl (C=O) groups excluding carboxylic acids is 1. The second kappa shape index (κ2) is 10.7. The molecule has 2 heterocycles. The van der Waals surface area contributed by atoms with Gasteiger partial charge in [-0.15, -0.1) is 0 Å². The van der Waals surface area contributed by atoms with Crippen molar-refractivity contribution in [3.63, 3.8) is 0 Å². The van der Waals surface area contributed by atoms with E-state index in [4.69, 9.17) is 0 Å². The maximum absolute atomic E-state index is 13.1. The van der Waals surface area contributed by atoms with Gasteiger partial charge >= 0.3 is 0 Å². The van der Waals surface area contributed by atoms with Gasteiger partial charge in [0.25, 0.3) is 5.91 Å². The molecule has 0 aromatic heterocycles. The highest BCUT2D eigenvalue weighted by Crippen LogP contribution is 2.30. The zero-order valence-corrected chi connectivity index (χ0v) is 20.7. The monoisotopic (exact) mass is 468 g/mol. The minimum atomic E-state index is 0.119. The predicted octanol–water partition coefficient (Wildman–Crippen LogP) is 6.09. The molecule has 4 heteroatoms. The summed E-state index contributed by atoms with van der Waals surface area (Å²) in [7, 11) is 0. The number of phenols is 1. The van der Waals surface area contributed by atoms with Crippen LogP contribution in [0.15, 0.2) is 66.7 Å². The number of hydrogen-bond donors (Lipinski definition) is 1. The van der Waals surface area contributed by atoms with Crippen molar-refractivity contribution in [2.45, 2.75) is 58.7 Å². The lowest BCUT2D eigenvalue weighted by Crippen LogP contribution is -2.33. The van der Waals surface area contributed by atoms with E-state index in [1.807, 2.05) is 17.0 Å². The van der Waals surface area contributed by atoms with Gasteiger partial charge in [0.15, 0.2) is 0 Å². The van der Waals surface area contributed by atoms with Crippen molar-refractivity contribution in [2.75, 3.05) is 13.1 Å². The van der Waals surface area contributed by atoms with Crippen LogP contribution in [-0.4, -0.2) is 33.9 Å². The number of benzene rings is 3. The molecule has 182 valence electrons. The Kier molecular flexibility index (Phi) is 7.19.